The SMILES string of the molecule is CN(C)C(=O)CN1CCC(C2=C3C=NC=C[N+]3(C)C(Br)=N2)CC1.O=C(O)C(F)(F)F. The molecule has 0 aliphatic carbocycles. The fourth-order valence-electron chi connectivity index (χ4n) is 3.21. The number of rotatable bonds is 3. The van der Waals surface area contributed by atoms with Crippen molar-refractivity contribution in [3.8, 4) is 0 Å². The average molecular weight is 495 g/mol. The van der Waals surface area contributed by atoms with Crippen molar-refractivity contribution in [3.05, 3.63) is 23.8 Å². The number of carbonyl (C=O) groups is 2. The maximum atomic E-state index is 11.8. The molecule has 12 heteroatoms. The zero-order valence-corrected chi connectivity index (χ0v) is 18.4. The number of carbonyl (C=O) groups excluding carboxylic acids is 1. The van der Waals surface area contributed by atoms with Crippen LogP contribution in [0.2, 0.25) is 0 Å². The number of carboxylic acid groups (broad SMARTS) is 1. The molecule has 30 heavy (non-hydrogen) atoms. The third-order valence-electron chi connectivity index (χ3n) is 5.08. The van der Waals surface area contributed by atoms with Crippen LogP contribution >= 0.6 is 15.9 Å². The maximum Gasteiger partial charge on any atom is 0.490 e. The lowest BCUT2D eigenvalue weighted by Gasteiger charge is -2.32. The van der Waals surface area contributed by atoms with Crippen LogP contribution in [0.3, 0.4) is 0 Å². The molecule has 8 nitrogen and oxygen atoms in total. The van der Waals surface area contributed by atoms with Gasteiger partial charge in [-0.2, -0.15) is 18.2 Å². The summed E-state index contributed by atoms with van der Waals surface area (Å²) in [4.78, 5) is 33.7. The lowest BCUT2D eigenvalue weighted by Crippen LogP contribution is -2.42. The van der Waals surface area contributed by atoms with Gasteiger partial charge in [0.1, 0.15) is 11.9 Å². The predicted molar refractivity (Wildman–Crippen MR) is 109 cm³/mol. The van der Waals surface area contributed by atoms with Gasteiger partial charge >= 0.3 is 12.1 Å². The Bertz CT molecular complexity index is 814. The first-order chi connectivity index (χ1) is 13.9. The molecule has 0 bridgehead atoms. The van der Waals surface area contributed by atoms with Gasteiger partial charge in [-0.3, -0.25) is 14.7 Å². The number of quaternary nitrogens is 1. The van der Waals surface area contributed by atoms with E-state index in [0.717, 1.165) is 42.1 Å². The van der Waals surface area contributed by atoms with Crippen molar-refractivity contribution < 1.29 is 32.3 Å². The number of fused-ring (bicyclic) bond motifs is 1. The molecule has 0 spiro atoms. The topological polar surface area (TPSA) is 85.6 Å². The Hall–Kier alpha value is -2.05. The monoisotopic (exact) mass is 494 g/mol. The Labute approximate surface area is 180 Å². The average Bonchev–Trinajstić information content (AvgIpc) is 2.93. The second kappa shape index (κ2) is 9.40. The first kappa shape index (κ1) is 24.2. The summed E-state index contributed by atoms with van der Waals surface area (Å²) in [6.07, 6.45) is 2.76. The van der Waals surface area contributed by atoms with Crippen LogP contribution in [0.15, 0.2) is 33.8 Å². The number of allylic oxidation sites excluding steroid dienone is 2. The molecular formula is C18H24BrF3N5O3+. The van der Waals surface area contributed by atoms with Crippen molar-refractivity contribution in [2.75, 3.05) is 40.8 Å². The fraction of sp³-hybridized carbons (Fsp3) is 0.556. The fourth-order valence-corrected chi connectivity index (χ4v) is 3.71. The maximum absolute atomic E-state index is 11.8. The van der Waals surface area contributed by atoms with Gasteiger partial charge in [0, 0.05) is 35.9 Å². The number of hydrogen-bond acceptors (Lipinski definition) is 5. The quantitative estimate of drug-likeness (QED) is 0.482. The van der Waals surface area contributed by atoms with Crippen molar-refractivity contribution in [3.63, 3.8) is 0 Å². The van der Waals surface area contributed by atoms with Gasteiger partial charge in [-0.05, 0) is 25.9 Å². The van der Waals surface area contributed by atoms with Gasteiger partial charge in [-0.1, -0.05) is 0 Å². The van der Waals surface area contributed by atoms with E-state index < -0.39 is 12.1 Å². The number of likely N-dealkylation sites (tertiary alicyclic amines) is 1. The molecule has 3 rings (SSSR count). The first-order valence-corrected chi connectivity index (χ1v) is 9.94. The second-order valence-corrected chi connectivity index (χ2v) is 8.15. The minimum absolute atomic E-state index is 0.168. The van der Waals surface area contributed by atoms with Crippen LogP contribution < -0.4 is 0 Å². The number of piperidine rings is 1. The molecule has 0 saturated carbocycles. The Morgan fingerprint density at radius 3 is 2.40 bits per heavy atom. The summed E-state index contributed by atoms with van der Waals surface area (Å²) in [5.74, 6) is -2.16. The van der Waals surface area contributed by atoms with Crippen molar-refractivity contribution in [1.29, 1.82) is 0 Å². The van der Waals surface area contributed by atoms with Crippen LogP contribution in [0.5, 0.6) is 0 Å². The number of likely N-dealkylation sites (N-methyl/N-ethyl adjacent to an activating group) is 1. The van der Waals surface area contributed by atoms with Gasteiger partial charge in [0.2, 0.25) is 5.91 Å². The number of nitrogens with zero attached hydrogens (tertiary/aromatic N) is 5. The van der Waals surface area contributed by atoms with Crippen LogP contribution in [0, 0.1) is 5.92 Å². The van der Waals surface area contributed by atoms with Gasteiger partial charge in [0.15, 0.2) is 5.70 Å². The normalized spacial score (nSPS) is 24.2. The molecule has 166 valence electrons. The smallest absolute Gasteiger partial charge is 0.475 e. The van der Waals surface area contributed by atoms with E-state index in [-0.39, 0.29) is 5.91 Å². The second-order valence-electron chi connectivity index (χ2n) is 7.44. The van der Waals surface area contributed by atoms with E-state index in [1.54, 1.807) is 19.0 Å². The molecule has 1 amide bonds. The van der Waals surface area contributed by atoms with Crippen LogP contribution in [0.25, 0.3) is 0 Å². The Balaban J connectivity index is 0.000000396. The number of amidine groups is 1. The third kappa shape index (κ3) is 5.55. The highest BCUT2D eigenvalue weighted by Crippen LogP contribution is 2.38. The first-order valence-electron chi connectivity index (χ1n) is 9.15. The summed E-state index contributed by atoms with van der Waals surface area (Å²) in [5, 5.41) is 7.12. The summed E-state index contributed by atoms with van der Waals surface area (Å²) >= 11 is 3.61. The van der Waals surface area contributed by atoms with E-state index >= 15 is 0 Å². The van der Waals surface area contributed by atoms with Crippen LogP contribution in [-0.4, -0.2) is 89.2 Å². The zero-order valence-electron chi connectivity index (χ0n) is 16.9. The molecule has 1 fully saturated rings. The lowest BCUT2D eigenvalue weighted by molar-refractivity contribution is -0.709. The van der Waals surface area contributed by atoms with Gasteiger partial charge in [-0.15, -0.1) is 0 Å². The predicted octanol–water partition coefficient (Wildman–Crippen LogP) is 2.40. The van der Waals surface area contributed by atoms with E-state index in [0.29, 0.717) is 16.9 Å². The number of halogens is 4. The number of hydrogen-bond donors (Lipinski definition) is 1. The molecule has 0 aromatic heterocycles. The van der Waals surface area contributed by atoms with Crippen LogP contribution in [-0.2, 0) is 9.59 Å². The molecule has 1 unspecified atom stereocenters. The molecule has 1 N–H and O–H groups in total. The zero-order chi connectivity index (χ0) is 22.7. The molecule has 3 heterocycles. The minimum atomic E-state index is -5.08. The number of alkyl halides is 3. The summed E-state index contributed by atoms with van der Waals surface area (Å²) in [7, 11) is 5.73. The standard InChI is InChI=1S/C16H23BrN5O.C2HF3O2/c1-20(2)14(23)11-21-7-4-12(5-8-21)15-13-10-18-6-9-22(13,3)16(17)19-15;3-2(4,5)1(6)7/h6,9-10,12H,4-5,7-8,11H2,1-3H3;(H,6,7)/q+1;. The summed E-state index contributed by atoms with van der Waals surface area (Å²) in [6.45, 7) is 2.38. The van der Waals surface area contributed by atoms with E-state index in [1.165, 1.54) is 0 Å². The molecule has 3 aliphatic rings. The lowest BCUT2D eigenvalue weighted by atomic mass is 9.92. The minimum Gasteiger partial charge on any atom is -0.475 e. The van der Waals surface area contributed by atoms with Crippen molar-refractivity contribution in [2.24, 2.45) is 15.9 Å². The molecule has 0 radical (unpaired) electrons. The highest BCUT2D eigenvalue weighted by atomic mass is 79.9. The van der Waals surface area contributed by atoms with E-state index in [1.807, 2.05) is 18.6 Å². The van der Waals surface area contributed by atoms with Gasteiger partial charge in [-0.25, -0.2) is 9.28 Å². The highest BCUT2D eigenvalue weighted by molar-refractivity contribution is 9.18. The Morgan fingerprint density at radius 1 is 1.33 bits per heavy atom. The number of aliphatic carboxylic acids is 1. The molecule has 1 saturated heterocycles. The number of carboxylic acids is 1. The molecular weight excluding hydrogens is 471 g/mol. The van der Waals surface area contributed by atoms with Crippen LogP contribution in [0.4, 0.5) is 13.2 Å². The Morgan fingerprint density at radius 2 is 1.90 bits per heavy atom. The third-order valence-corrected chi connectivity index (χ3v) is 6.00. The van der Waals surface area contributed by atoms with Crippen molar-refractivity contribution in [1.82, 2.24) is 9.80 Å². The molecule has 0 aromatic rings. The number of amides is 1. The van der Waals surface area contributed by atoms with Crippen molar-refractivity contribution in [2.45, 2.75) is 19.0 Å². The summed E-state index contributed by atoms with van der Waals surface area (Å²) < 4.78 is 33.2. The number of aliphatic imine (C=N–C) groups is 2. The van der Waals surface area contributed by atoms with E-state index in [4.69, 9.17) is 14.9 Å². The highest BCUT2D eigenvalue weighted by Gasteiger charge is 2.43. The largest absolute Gasteiger partial charge is 0.490 e. The molecule has 3 aliphatic heterocycles. The van der Waals surface area contributed by atoms with Crippen LogP contribution in [0.1, 0.15) is 12.8 Å². The summed E-state index contributed by atoms with van der Waals surface area (Å²) in [5.41, 5.74) is 2.30. The van der Waals surface area contributed by atoms with Gasteiger partial charge < -0.3 is 10.0 Å². The molecule has 1 atom stereocenters. The van der Waals surface area contributed by atoms with Gasteiger partial charge in [0.05, 0.1) is 26.0 Å². The van der Waals surface area contributed by atoms with Crippen molar-refractivity contribution >= 4 is 38.8 Å². The van der Waals surface area contributed by atoms with E-state index in [2.05, 4.69) is 32.9 Å². The van der Waals surface area contributed by atoms with E-state index in [9.17, 15) is 18.0 Å². The molecule has 0 aromatic carbocycles. The van der Waals surface area contributed by atoms with Gasteiger partial charge in [0.25, 0.3) is 4.74 Å². The summed E-state index contributed by atoms with van der Waals surface area (Å²) in [6, 6.07) is 0. The Kier molecular flexibility index (Phi) is 7.59.